The molecule has 0 saturated carbocycles. The fourth-order valence-electron chi connectivity index (χ4n) is 3.19. The molecule has 11 nitrogen and oxygen atoms in total. The van der Waals surface area contributed by atoms with E-state index in [-0.39, 0.29) is 23.3 Å². The smallest absolute Gasteiger partial charge is 0.324 e. The minimum atomic E-state index is -3.95. The summed E-state index contributed by atoms with van der Waals surface area (Å²) in [6.07, 6.45) is 0. The fourth-order valence-corrected chi connectivity index (χ4v) is 4.38. The van der Waals surface area contributed by atoms with Gasteiger partial charge in [0.2, 0.25) is 10.0 Å². The van der Waals surface area contributed by atoms with Gasteiger partial charge in [0.05, 0.1) is 12.0 Å². The summed E-state index contributed by atoms with van der Waals surface area (Å²) in [6.45, 7) is 2.75. The largest absolute Gasteiger partial charge is 0.497 e. The van der Waals surface area contributed by atoms with Crippen LogP contribution in [-0.2, 0) is 26.2 Å². The van der Waals surface area contributed by atoms with Crippen molar-refractivity contribution in [3.8, 4) is 28.5 Å². The lowest BCUT2D eigenvalue weighted by Gasteiger charge is -2.13. The van der Waals surface area contributed by atoms with Gasteiger partial charge in [-0.25, -0.2) is 8.42 Å². The molecule has 0 bridgehead atoms. The number of carbonyl (C=O) groups excluding carboxylic acids is 1. The quantitative estimate of drug-likeness (QED) is 0.341. The molecule has 1 N–H and O–H groups in total. The van der Waals surface area contributed by atoms with E-state index < -0.39 is 22.0 Å². The highest BCUT2D eigenvalue weighted by molar-refractivity contribution is 7.89. The molecule has 35 heavy (non-hydrogen) atoms. The topological polar surface area (TPSA) is 147 Å². The average Bonchev–Trinajstić information content (AvgIpc) is 3.49. The number of benzene rings is 2. The van der Waals surface area contributed by atoms with E-state index >= 15 is 0 Å². The first-order valence-electron chi connectivity index (χ1n) is 10.5. The molecule has 0 spiro atoms. The Morgan fingerprint density at radius 1 is 1.09 bits per heavy atom. The van der Waals surface area contributed by atoms with Crippen molar-refractivity contribution < 1.29 is 31.6 Å². The normalized spacial score (nSPS) is 12.3. The van der Waals surface area contributed by atoms with Gasteiger partial charge in [0.1, 0.15) is 28.8 Å². The van der Waals surface area contributed by atoms with Crippen LogP contribution in [0, 0.1) is 6.92 Å². The Balaban J connectivity index is 1.40. The standard InChI is InChI=1S/C23H22N4O7S/c1-14(27-35(29,30)18-11-9-17(31-3)10-12-18)23(28)32-13-19-24-25-22(33-19)20-15(2)34-26-21(20)16-7-5-4-6-8-16/h4-12,14,27H,13H2,1-3H3/t14-/m0/s1. The van der Waals surface area contributed by atoms with Crippen LogP contribution < -0.4 is 9.46 Å². The van der Waals surface area contributed by atoms with Crippen LogP contribution in [0.4, 0.5) is 0 Å². The van der Waals surface area contributed by atoms with Crippen LogP contribution in [0.25, 0.3) is 22.7 Å². The molecule has 0 unspecified atom stereocenters. The zero-order chi connectivity index (χ0) is 25.0. The highest BCUT2D eigenvalue weighted by atomic mass is 32.2. The molecule has 2 aromatic carbocycles. The fraction of sp³-hybridized carbons (Fsp3) is 0.217. The minimum absolute atomic E-state index is 0.0159. The summed E-state index contributed by atoms with van der Waals surface area (Å²) in [6, 6.07) is 13.9. The number of aryl methyl sites for hydroxylation is 1. The van der Waals surface area contributed by atoms with Gasteiger partial charge < -0.3 is 18.4 Å². The first-order valence-corrected chi connectivity index (χ1v) is 11.9. The Bertz CT molecular complexity index is 1410. The van der Waals surface area contributed by atoms with Crippen LogP contribution in [0.1, 0.15) is 18.6 Å². The van der Waals surface area contributed by atoms with Gasteiger partial charge in [-0.05, 0) is 38.1 Å². The molecule has 0 aliphatic heterocycles. The average molecular weight is 499 g/mol. The number of carbonyl (C=O) groups is 1. The van der Waals surface area contributed by atoms with Crippen molar-refractivity contribution in [3.05, 3.63) is 66.2 Å². The summed E-state index contributed by atoms with van der Waals surface area (Å²) in [4.78, 5) is 12.4. The molecular weight excluding hydrogens is 476 g/mol. The van der Waals surface area contributed by atoms with Crippen molar-refractivity contribution in [2.45, 2.75) is 31.4 Å². The number of sulfonamides is 1. The third-order valence-electron chi connectivity index (χ3n) is 4.98. The maximum atomic E-state index is 12.5. The Labute approximate surface area is 201 Å². The molecule has 0 radical (unpaired) electrons. The van der Waals surface area contributed by atoms with Crippen molar-refractivity contribution in [1.82, 2.24) is 20.1 Å². The van der Waals surface area contributed by atoms with Crippen LogP contribution in [0.3, 0.4) is 0 Å². The number of methoxy groups -OCH3 is 1. The van der Waals surface area contributed by atoms with Crippen molar-refractivity contribution >= 4 is 16.0 Å². The molecule has 1 atom stereocenters. The molecule has 0 amide bonds. The molecule has 4 rings (SSSR count). The second-order valence-corrected chi connectivity index (χ2v) is 9.17. The highest BCUT2D eigenvalue weighted by Crippen LogP contribution is 2.33. The number of rotatable bonds is 9. The van der Waals surface area contributed by atoms with E-state index in [9.17, 15) is 13.2 Å². The zero-order valence-corrected chi connectivity index (χ0v) is 19.9. The number of hydrogen-bond acceptors (Lipinski definition) is 10. The summed E-state index contributed by atoms with van der Waals surface area (Å²) < 4.78 is 48.4. The molecule has 12 heteroatoms. The maximum absolute atomic E-state index is 12.5. The van der Waals surface area contributed by atoms with Crippen LogP contribution in [0.2, 0.25) is 0 Å². The van der Waals surface area contributed by atoms with E-state index in [1.807, 2.05) is 30.3 Å². The Morgan fingerprint density at radius 2 is 1.80 bits per heavy atom. The second kappa shape index (κ2) is 10.1. The van der Waals surface area contributed by atoms with Gasteiger partial charge >= 0.3 is 5.97 Å². The number of nitrogens with one attached hydrogen (secondary N) is 1. The number of aromatic nitrogens is 3. The lowest BCUT2D eigenvalue weighted by atomic mass is 10.1. The first-order chi connectivity index (χ1) is 16.8. The van der Waals surface area contributed by atoms with Gasteiger partial charge in [-0.1, -0.05) is 35.5 Å². The molecular formula is C23H22N4O7S. The maximum Gasteiger partial charge on any atom is 0.324 e. The zero-order valence-electron chi connectivity index (χ0n) is 19.1. The molecule has 0 fully saturated rings. The summed E-state index contributed by atoms with van der Waals surface area (Å²) in [5.41, 5.74) is 1.88. The Hall–Kier alpha value is -4.03. The number of esters is 1. The number of ether oxygens (including phenoxy) is 2. The van der Waals surface area contributed by atoms with Gasteiger partial charge in [-0.15, -0.1) is 10.2 Å². The van der Waals surface area contributed by atoms with E-state index in [1.165, 1.54) is 38.3 Å². The molecule has 0 aliphatic rings. The number of hydrogen-bond donors (Lipinski definition) is 1. The third kappa shape index (κ3) is 5.39. The molecule has 4 aromatic rings. The van der Waals surface area contributed by atoms with E-state index in [0.717, 1.165) is 5.56 Å². The summed E-state index contributed by atoms with van der Waals surface area (Å²) >= 11 is 0. The lowest BCUT2D eigenvalue weighted by Crippen LogP contribution is -2.39. The Morgan fingerprint density at radius 3 is 2.49 bits per heavy atom. The van der Waals surface area contributed by atoms with Crippen LogP contribution in [-0.4, -0.2) is 42.9 Å². The third-order valence-corrected chi connectivity index (χ3v) is 6.54. The van der Waals surface area contributed by atoms with Crippen LogP contribution in [0.15, 0.2) is 68.4 Å². The van der Waals surface area contributed by atoms with E-state index in [0.29, 0.717) is 22.8 Å². The molecule has 2 aromatic heterocycles. The van der Waals surface area contributed by atoms with E-state index in [1.54, 1.807) is 6.92 Å². The van der Waals surface area contributed by atoms with Crippen LogP contribution in [0.5, 0.6) is 5.75 Å². The van der Waals surface area contributed by atoms with Crippen molar-refractivity contribution in [3.63, 3.8) is 0 Å². The predicted octanol–water partition coefficient (Wildman–Crippen LogP) is 3.12. The number of nitrogens with zero attached hydrogens (tertiary/aromatic N) is 3. The Kier molecular flexibility index (Phi) is 6.94. The van der Waals surface area contributed by atoms with Crippen molar-refractivity contribution in [1.29, 1.82) is 0 Å². The van der Waals surface area contributed by atoms with Gasteiger partial charge in [0, 0.05) is 5.56 Å². The van der Waals surface area contributed by atoms with Gasteiger partial charge in [0.25, 0.3) is 11.8 Å². The van der Waals surface area contributed by atoms with Gasteiger partial charge in [-0.2, -0.15) is 4.72 Å². The SMILES string of the molecule is COc1ccc(S(=O)(=O)N[C@@H](C)C(=O)OCc2nnc(-c3c(-c4ccccc4)noc3C)o2)cc1. The van der Waals surface area contributed by atoms with E-state index in [2.05, 4.69) is 20.1 Å². The molecule has 0 saturated heterocycles. The van der Waals surface area contributed by atoms with Crippen molar-refractivity contribution in [2.75, 3.05) is 7.11 Å². The monoisotopic (exact) mass is 498 g/mol. The molecule has 0 aliphatic carbocycles. The predicted molar refractivity (Wildman–Crippen MR) is 123 cm³/mol. The first kappa shape index (κ1) is 24.1. The van der Waals surface area contributed by atoms with Gasteiger partial charge in [0.15, 0.2) is 6.61 Å². The second-order valence-electron chi connectivity index (χ2n) is 7.46. The minimum Gasteiger partial charge on any atom is -0.497 e. The van der Waals surface area contributed by atoms with Crippen molar-refractivity contribution in [2.24, 2.45) is 0 Å². The molecule has 182 valence electrons. The van der Waals surface area contributed by atoms with Crippen LogP contribution >= 0.6 is 0 Å². The summed E-state index contributed by atoms with van der Waals surface area (Å²) in [5.74, 6) is 0.360. The van der Waals surface area contributed by atoms with Gasteiger partial charge in [-0.3, -0.25) is 4.79 Å². The summed E-state index contributed by atoms with van der Waals surface area (Å²) in [7, 11) is -2.48. The molecule has 2 heterocycles. The van der Waals surface area contributed by atoms with E-state index in [4.69, 9.17) is 18.4 Å². The lowest BCUT2D eigenvalue weighted by molar-refractivity contribution is -0.147. The highest BCUT2D eigenvalue weighted by Gasteiger charge is 2.25. The summed E-state index contributed by atoms with van der Waals surface area (Å²) in [5, 5.41) is 12.0.